The average molecular weight is 708 g/mol. The lowest BCUT2D eigenvalue weighted by Crippen LogP contribution is -2.53. The normalized spacial score (nSPS) is 36.2. The number of halogens is 1. The molecule has 7 rings (SSSR count). The van der Waals surface area contributed by atoms with Gasteiger partial charge in [0.2, 0.25) is 0 Å². The van der Waals surface area contributed by atoms with Crippen LogP contribution in [0.25, 0.3) is 0 Å². The first-order chi connectivity index (χ1) is 23.2. The fraction of sp³-hybridized carbons (Fsp3) is 0.564. The molecule has 8 nitrogen and oxygen atoms in total. The summed E-state index contributed by atoms with van der Waals surface area (Å²) in [6, 6.07) is 11.7. The number of anilines is 1. The van der Waals surface area contributed by atoms with Gasteiger partial charge < -0.3 is 19.5 Å². The molecule has 10 heteroatoms. The topological polar surface area (TPSA) is 100 Å². The summed E-state index contributed by atoms with van der Waals surface area (Å²) >= 11 is 6.47. The number of rotatable bonds is 2. The smallest absolute Gasteiger partial charge is 0.262 e. The summed E-state index contributed by atoms with van der Waals surface area (Å²) in [5, 5.41) is 12.9. The highest BCUT2D eigenvalue weighted by atomic mass is 35.5. The molecule has 0 saturated heterocycles. The van der Waals surface area contributed by atoms with E-state index in [1.807, 2.05) is 58.0 Å². The minimum Gasteiger partial charge on any atom is -0.490 e. The molecule has 7 atom stereocenters. The van der Waals surface area contributed by atoms with Gasteiger partial charge in [-0.3, -0.25) is 9.52 Å². The number of aryl methyl sites for hydroxylation is 1. The van der Waals surface area contributed by atoms with Crippen LogP contribution in [-0.2, 0) is 26.3 Å². The van der Waals surface area contributed by atoms with E-state index in [0.29, 0.717) is 50.6 Å². The number of aliphatic hydroxyl groups is 1. The Morgan fingerprint density at radius 1 is 1.14 bits per heavy atom. The highest BCUT2D eigenvalue weighted by Gasteiger charge is 2.49. The molecule has 1 fully saturated rings. The molecule has 2 aromatic rings. The van der Waals surface area contributed by atoms with E-state index in [2.05, 4.69) is 27.6 Å². The molecule has 1 spiro atoms. The van der Waals surface area contributed by atoms with Crippen LogP contribution < -0.4 is 14.4 Å². The van der Waals surface area contributed by atoms with Gasteiger partial charge in [0.25, 0.3) is 5.91 Å². The van der Waals surface area contributed by atoms with E-state index in [0.717, 1.165) is 48.6 Å². The minimum atomic E-state index is -3.00. The largest absolute Gasteiger partial charge is 0.490 e. The fourth-order valence-corrected chi connectivity index (χ4v) is 10.3. The Labute approximate surface area is 296 Å². The van der Waals surface area contributed by atoms with Crippen LogP contribution in [0.1, 0.15) is 87.7 Å². The number of nitrogens with zero attached hydrogens (tertiary/aromatic N) is 2. The summed E-state index contributed by atoms with van der Waals surface area (Å²) in [4.78, 5) is 20.9. The van der Waals surface area contributed by atoms with E-state index in [1.54, 1.807) is 6.07 Å². The van der Waals surface area contributed by atoms with Crippen molar-refractivity contribution in [1.82, 2.24) is 4.72 Å². The van der Waals surface area contributed by atoms with E-state index in [9.17, 15) is 14.1 Å². The zero-order valence-corrected chi connectivity index (χ0v) is 30.7. The third kappa shape index (κ3) is 6.63. The Balaban J connectivity index is 1.31. The number of nitrogens with one attached hydrogen (secondary N) is 1. The zero-order chi connectivity index (χ0) is 34.8. The molecule has 2 N–H and O–H groups in total. The Kier molecular flexibility index (Phi) is 8.88. The number of fused-ring (bicyclic) bond motifs is 4. The minimum absolute atomic E-state index is 0.0241. The Bertz CT molecular complexity index is 1810. The maximum Gasteiger partial charge on any atom is 0.262 e. The molecule has 2 aromatic carbocycles. The van der Waals surface area contributed by atoms with Crippen LogP contribution in [-0.4, -0.2) is 69.7 Å². The second-order valence-electron chi connectivity index (χ2n) is 16.0. The third-order valence-electron chi connectivity index (χ3n) is 11.8. The highest BCUT2D eigenvalue weighted by molar-refractivity contribution is 7.99. The van der Waals surface area contributed by atoms with Crippen molar-refractivity contribution in [2.24, 2.45) is 22.7 Å². The number of hydrogen-bond acceptors (Lipinski definition) is 7. The van der Waals surface area contributed by atoms with E-state index >= 15 is 0 Å². The summed E-state index contributed by atoms with van der Waals surface area (Å²) in [5.74, 6) is 5.01. The lowest BCUT2D eigenvalue weighted by molar-refractivity contribution is -0.0424. The van der Waals surface area contributed by atoms with Crippen molar-refractivity contribution in [3.8, 4) is 5.75 Å². The predicted octanol–water partition coefficient (Wildman–Crippen LogP) is 6.51. The van der Waals surface area contributed by atoms with Crippen molar-refractivity contribution in [2.45, 2.75) is 94.4 Å². The molecule has 2 aliphatic carbocycles. The van der Waals surface area contributed by atoms with Crippen LogP contribution >= 0.6 is 11.6 Å². The first-order valence-corrected chi connectivity index (χ1v) is 19.9. The molecule has 49 heavy (non-hydrogen) atoms. The van der Waals surface area contributed by atoms with Crippen molar-refractivity contribution < 1.29 is 23.6 Å². The van der Waals surface area contributed by atoms with Gasteiger partial charge in [-0.25, -0.2) is 9.20 Å². The molecule has 264 valence electrons. The van der Waals surface area contributed by atoms with Crippen LogP contribution in [0.3, 0.4) is 0 Å². The second-order valence-corrected chi connectivity index (χ2v) is 18.8. The van der Waals surface area contributed by atoms with E-state index in [-0.39, 0.29) is 28.7 Å². The van der Waals surface area contributed by atoms with Gasteiger partial charge in [0.05, 0.1) is 39.6 Å². The number of hydrogen-bond donors (Lipinski definition) is 2. The molecular weight excluding hydrogens is 658 g/mol. The van der Waals surface area contributed by atoms with Gasteiger partial charge in [-0.05, 0) is 124 Å². The molecule has 0 radical (unpaired) electrons. The van der Waals surface area contributed by atoms with Gasteiger partial charge in [0.15, 0.2) is 5.90 Å². The van der Waals surface area contributed by atoms with Crippen LogP contribution in [0.5, 0.6) is 5.75 Å². The molecule has 2 bridgehead atoms. The SMILES string of the molecule is C=S1(=O)NC(=O)c2ccc3c(c2)N(C[C@@H]2CC[C@H]2[C@@](O)(CC2=NC(C)(C)CO2)/C=C/C[C@H](C)[C@H]1C)C[C@@]1(CCCc2cc(Cl)ccc21)CO3. The van der Waals surface area contributed by atoms with Crippen molar-refractivity contribution in [2.75, 3.05) is 31.2 Å². The van der Waals surface area contributed by atoms with Gasteiger partial charge in [-0.1, -0.05) is 36.7 Å². The molecular formula is C39H50ClN3O5S. The molecule has 5 aliphatic rings. The number of ether oxygens (including phenoxy) is 2. The standard InChI is InChI=1S/C39H50ClN3O5S/c1-25-8-6-17-39(45,20-35-41-37(3,4)23-48-35)32-13-10-29(32)21-43-22-38(16-7-9-27-18-30(40)12-14-31(27)38)24-47-34-15-11-28(19-33(34)43)36(44)42-49(5,46)26(25)2/h6,11-12,14-15,17-19,25-26,29,32,45H,5,7-10,13,16,20-24H2,1-4H3,(H,42,44,46)/b17-6+/t25-,26+,29-,32+,38-,39-,49?/m0/s1. The Morgan fingerprint density at radius 3 is 2.69 bits per heavy atom. The summed E-state index contributed by atoms with van der Waals surface area (Å²) in [6.45, 7) is 10.4. The number of benzene rings is 2. The first kappa shape index (κ1) is 34.4. The molecule has 1 unspecified atom stereocenters. The monoisotopic (exact) mass is 707 g/mol. The maximum atomic E-state index is 13.9. The lowest BCUT2D eigenvalue weighted by atomic mass is 9.63. The van der Waals surface area contributed by atoms with Crippen LogP contribution in [0.4, 0.5) is 5.69 Å². The Hall–Kier alpha value is -3.01. The molecule has 0 aromatic heterocycles. The van der Waals surface area contributed by atoms with E-state index in [1.165, 1.54) is 11.1 Å². The summed E-state index contributed by atoms with van der Waals surface area (Å²) < 4.78 is 29.4. The fourth-order valence-electron chi connectivity index (χ4n) is 8.65. The van der Waals surface area contributed by atoms with Crippen LogP contribution in [0, 0.1) is 17.8 Å². The van der Waals surface area contributed by atoms with Gasteiger partial charge in [-0.2, -0.15) is 0 Å². The van der Waals surface area contributed by atoms with Crippen LogP contribution in [0.15, 0.2) is 53.5 Å². The second kappa shape index (κ2) is 12.6. The number of aliphatic imine (C=N–C) groups is 1. The maximum absolute atomic E-state index is 13.9. The Morgan fingerprint density at radius 2 is 1.96 bits per heavy atom. The van der Waals surface area contributed by atoms with Crippen molar-refractivity contribution in [3.05, 3.63) is 70.3 Å². The number of carbonyl (C=O) groups is 1. The van der Waals surface area contributed by atoms with Crippen molar-refractivity contribution in [3.63, 3.8) is 0 Å². The van der Waals surface area contributed by atoms with Gasteiger partial charge in [-0.15, -0.1) is 0 Å². The zero-order valence-electron chi connectivity index (χ0n) is 29.2. The van der Waals surface area contributed by atoms with Gasteiger partial charge in [0, 0.05) is 34.3 Å². The van der Waals surface area contributed by atoms with E-state index < -0.39 is 26.5 Å². The molecule has 3 heterocycles. The van der Waals surface area contributed by atoms with Gasteiger partial charge in [0.1, 0.15) is 12.4 Å². The average Bonchev–Trinajstić information content (AvgIpc) is 3.28. The lowest BCUT2D eigenvalue weighted by Gasteiger charge is -2.49. The summed E-state index contributed by atoms with van der Waals surface area (Å²) in [6.07, 6.45) is 9.67. The summed E-state index contributed by atoms with van der Waals surface area (Å²) in [7, 11) is -3.00. The quantitative estimate of drug-likeness (QED) is 0.273. The van der Waals surface area contributed by atoms with Gasteiger partial charge >= 0.3 is 0 Å². The number of allylic oxidation sites excluding steroid dienone is 1. The van der Waals surface area contributed by atoms with Crippen molar-refractivity contribution in [1.29, 1.82) is 0 Å². The predicted molar refractivity (Wildman–Crippen MR) is 199 cm³/mol. The highest BCUT2D eigenvalue weighted by Crippen LogP contribution is 2.49. The molecule has 3 aliphatic heterocycles. The van der Waals surface area contributed by atoms with Crippen LogP contribution in [0.2, 0.25) is 5.02 Å². The number of amides is 1. The number of carbonyl (C=O) groups excluding carboxylic acids is 1. The third-order valence-corrected chi connectivity index (χ3v) is 14.3. The molecule has 1 saturated carbocycles. The summed E-state index contributed by atoms with van der Waals surface area (Å²) in [5.41, 5.74) is 2.02. The van der Waals surface area contributed by atoms with Crippen molar-refractivity contribution >= 4 is 44.7 Å². The first-order valence-electron chi connectivity index (χ1n) is 17.8. The van der Waals surface area contributed by atoms with E-state index in [4.69, 9.17) is 26.1 Å². The molecule has 1 amide bonds.